The van der Waals surface area contributed by atoms with Crippen LogP contribution in [0.1, 0.15) is 10.4 Å². The third-order valence-corrected chi connectivity index (χ3v) is 3.91. The predicted octanol–water partition coefficient (Wildman–Crippen LogP) is 2.92. The highest BCUT2D eigenvalue weighted by Crippen LogP contribution is 2.26. The molecule has 0 aliphatic rings. The van der Waals surface area contributed by atoms with Crippen LogP contribution in [0, 0.1) is 0 Å². The van der Waals surface area contributed by atoms with E-state index in [1.807, 2.05) is 54.6 Å². The summed E-state index contributed by atoms with van der Waals surface area (Å²) in [6.07, 6.45) is 1.74. The first-order valence-electron chi connectivity index (χ1n) is 8.29. The maximum Gasteiger partial charge on any atom is 0.255 e. The molecule has 1 N–H and O–H groups in total. The van der Waals surface area contributed by atoms with Gasteiger partial charge in [0.2, 0.25) is 0 Å². The van der Waals surface area contributed by atoms with Gasteiger partial charge in [-0.05, 0) is 24.3 Å². The number of nitrogens with zero attached hydrogens (tertiary/aromatic N) is 2. The molecule has 0 aliphatic heterocycles. The van der Waals surface area contributed by atoms with Crippen LogP contribution in [-0.4, -0.2) is 43.1 Å². The molecule has 1 aromatic heterocycles. The molecule has 6 nitrogen and oxygen atoms in total. The van der Waals surface area contributed by atoms with Crippen molar-refractivity contribution in [3.8, 4) is 22.7 Å². The van der Waals surface area contributed by atoms with Crippen LogP contribution < -0.4 is 10.1 Å². The lowest BCUT2D eigenvalue weighted by molar-refractivity contribution is 0.0937. The van der Waals surface area contributed by atoms with Crippen molar-refractivity contribution in [3.05, 3.63) is 66.4 Å². The zero-order valence-corrected chi connectivity index (χ0v) is 14.8. The Morgan fingerprint density at radius 1 is 1.12 bits per heavy atom. The number of nitrogens with one attached hydrogen (secondary N) is 1. The SMILES string of the molecule is COCCNC(=O)c1cn(-c2ccccc2)nc1-c1cccc(OC)c1. The van der Waals surface area contributed by atoms with E-state index in [-0.39, 0.29) is 5.91 Å². The number of methoxy groups -OCH3 is 2. The van der Waals surface area contributed by atoms with Crippen molar-refractivity contribution >= 4 is 5.91 Å². The number of carbonyl (C=O) groups excluding carboxylic acids is 1. The highest BCUT2D eigenvalue weighted by molar-refractivity contribution is 6.00. The molecule has 1 heterocycles. The van der Waals surface area contributed by atoms with Crippen LogP contribution in [0.25, 0.3) is 16.9 Å². The fraction of sp³-hybridized carbons (Fsp3) is 0.200. The Morgan fingerprint density at radius 2 is 1.92 bits per heavy atom. The van der Waals surface area contributed by atoms with Gasteiger partial charge >= 0.3 is 0 Å². The molecule has 0 atom stereocenters. The minimum absolute atomic E-state index is 0.193. The first-order chi connectivity index (χ1) is 12.7. The summed E-state index contributed by atoms with van der Waals surface area (Å²) in [5.74, 6) is 0.518. The summed E-state index contributed by atoms with van der Waals surface area (Å²) in [5.41, 5.74) is 2.80. The van der Waals surface area contributed by atoms with Gasteiger partial charge in [-0.1, -0.05) is 30.3 Å². The molecule has 0 saturated carbocycles. The molecule has 134 valence electrons. The quantitative estimate of drug-likeness (QED) is 0.665. The lowest BCUT2D eigenvalue weighted by Crippen LogP contribution is -2.27. The van der Waals surface area contributed by atoms with Crippen LogP contribution in [0.15, 0.2) is 60.8 Å². The second-order valence-electron chi connectivity index (χ2n) is 5.65. The van der Waals surface area contributed by atoms with Crippen molar-refractivity contribution < 1.29 is 14.3 Å². The fourth-order valence-corrected chi connectivity index (χ4v) is 2.60. The molecular formula is C20H21N3O3. The van der Waals surface area contributed by atoms with Gasteiger partial charge in [0.15, 0.2) is 0 Å². The van der Waals surface area contributed by atoms with E-state index < -0.39 is 0 Å². The van der Waals surface area contributed by atoms with E-state index in [2.05, 4.69) is 10.4 Å². The Bertz CT molecular complexity index is 875. The Labute approximate surface area is 152 Å². The topological polar surface area (TPSA) is 65.4 Å². The molecule has 0 spiro atoms. The van der Waals surface area contributed by atoms with Crippen molar-refractivity contribution in [2.75, 3.05) is 27.4 Å². The number of rotatable bonds is 7. The number of amides is 1. The molecule has 0 bridgehead atoms. The zero-order chi connectivity index (χ0) is 18.4. The summed E-state index contributed by atoms with van der Waals surface area (Å²) < 4.78 is 12.0. The summed E-state index contributed by atoms with van der Waals surface area (Å²) in [7, 11) is 3.21. The summed E-state index contributed by atoms with van der Waals surface area (Å²) in [6.45, 7) is 0.885. The molecule has 0 radical (unpaired) electrons. The average Bonchev–Trinajstić information content (AvgIpc) is 3.14. The van der Waals surface area contributed by atoms with Crippen LogP contribution in [0.2, 0.25) is 0 Å². The first-order valence-corrected chi connectivity index (χ1v) is 8.29. The van der Waals surface area contributed by atoms with Gasteiger partial charge in [-0.25, -0.2) is 4.68 Å². The summed E-state index contributed by atoms with van der Waals surface area (Å²) in [5, 5.41) is 7.50. The van der Waals surface area contributed by atoms with E-state index in [9.17, 15) is 4.79 Å². The number of benzene rings is 2. The minimum atomic E-state index is -0.193. The van der Waals surface area contributed by atoms with Crippen molar-refractivity contribution in [1.82, 2.24) is 15.1 Å². The first kappa shape index (κ1) is 17.7. The van der Waals surface area contributed by atoms with Crippen LogP contribution >= 0.6 is 0 Å². The van der Waals surface area contributed by atoms with Gasteiger partial charge in [-0.15, -0.1) is 0 Å². The standard InChI is InChI=1S/C20H21N3O3/c1-25-12-11-21-20(24)18-14-23(16-8-4-3-5-9-16)22-19(18)15-7-6-10-17(13-15)26-2/h3-10,13-14H,11-12H2,1-2H3,(H,21,24). The smallest absolute Gasteiger partial charge is 0.255 e. The molecule has 2 aromatic carbocycles. The normalized spacial score (nSPS) is 10.5. The van der Waals surface area contributed by atoms with Crippen LogP contribution in [-0.2, 0) is 4.74 Å². The van der Waals surface area contributed by atoms with Gasteiger partial charge in [0, 0.05) is 25.4 Å². The van der Waals surface area contributed by atoms with Gasteiger partial charge in [-0.2, -0.15) is 5.10 Å². The fourth-order valence-electron chi connectivity index (χ4n) is 2.60. The second-order valence-corrected chi connectivity index (χ2v) is 5.65. The van der Waals surface area contributed by atoms with Crippen molar-refractivity contribution in [3.63, 3.8) is 0 Å². The molecule has 0 saturated heterocycles. The number of hydrogen-bond donors (Lipinski definition) is 1. The third-order valence-electron chi connectivity index (χ3n) is 3.91. The van der Waals surface area contributed by atoms with E-state index in [0.29, 0.717) is 30.2 Å². The van der Waals surface area contributed by atoms with Gasteiger partial charge in [-0.3, -0.25) is 4.79 Å². The minimum Gasteiger partial charge on any atom is -0.497 e. The summed E-state index contributed by atoms with van der Waals surface area (Å²) in [6, 6.07) is 17.2. The van der Waals surface area contributed by atoms with Crippen molar-refractivity contribution in [2.24, 2.45) is 0 Å². The van der Waals surface area contributed by atoms with E-state index in [4.69, 9.17) is 9.47 Å². The van der Waals surface area contributed by atoms with E-state index >= 15 is 0 Å². The van der Waals surface area contributed by atoms with E-state index in [0.717, 1.165) is 11.3 Å². The van der Waals surface area contributed by atoms with Gasteiger partial charge < -0.3 is 14.8 Å². The van der Waals surface area contributed by atoms with Gasteiger partial charge in [0.1, 0.15) is 11.4 Å². The van der Waals surface area contributed by atoms with Crippen LogP contribution in [0.3, 0.4) is 0 Å². The maximum atomic E-state index is 12.7. The molecule has 0 unspecified atom stereocenters. The molecule has 26 heavy (non-hydrogen) atoms. The molecular weight excluding hydrogens is 330 g/mol. The Morgan fingerprint density at radius 3 is 2.65 bits per heavy atom. The summed E-state index contributed by atoms with van der Waals surface area (Å²) >= 11 is 0. The number of ether oxygens (including phenoxy) is 2. The van der Waals surface area contributed by atoms with Crippen molar-refractivity contribution in [2.45, 2.75) is 0 Å². The molecule has 1 amide bonds. The second kappa shape index (κ2) is 8.31. The van der Waals surface area contributed by atoms with Crippen molar-refractivity contribution in [1.29, 1.82) is 0 Å². The molecule has 0 fully saturated rings. The van der Waals surface area contributed by atoms with Crippen LogP contribution in [0.5, 0.6) is 5.75 Å². The molecule has 3 aromatic rings. The predicted molar refractivity (Wildman–Crippen MR) is 99.8 cm³/mol. The maximum absolute atomic E-state index is 12.7. The van der Waals surface area contributed by atoms with Gasteiger partial charge in [0.25, 0.3) is 5.91 Å². The number of carbonyl (C=O) groups is 1. The monoisotopic (exact) mass is 351 g/mol. The Kier molecular flexibility index (Phi) is 5.66. The molecule has 3 rings (SSSR count). The average molecular weight is 351 g/mol. The number of aromatic nitrogens is 2. The van der Waals surface area contributed by atoms with Crippen LogP contribution in [0.4, 0.5) is 0 Å². The third kappa shape index (κ3) is 3.92. The molecule has 0 aliphatic carbocycles. The number of hydrogen-bond acceptors (Lipinski definition) is 4. The van der Waals surface area contributed by atoms with E-state index in [1.165, 1.54) is 0 Å². The lowest BCUT2D eigenvalue weighted by atomic mass is 10.1. The zero-order valence-electron chi connectivity index (χ0n) is 14.8. The Balaban J connectivity index is 2.02. The van der Waals surface area contributed by atoms with Gasteiger partial charge in [0.05, 0.1) is 25.0 Å². The largest absolute Gasteiger partial charge is 0.497 e. The Hall–Kier alpha value is -3.12. The highest BCUT2D eigenvalue weighted by Gasteiger charge is 2.18. The lowest BCUT2D eigenvalue weighted by Gasteiger charge is -2.06. The summed E-state index contributed by atoms with van der Waals surface area (Å²) in [4.78, 5) is 12.7. The highest BCUT2D eigenvalue weighted by atomic mass is 16.5. The van der Waals surface area contributed by atoms with E-state index in [1.54, 1.807) is 25.1 Å². The molecule has 6 heteroatoms. The number of para-hydroxylation sites is 1.